The van der Waals surface area contributed by atoms with Crippen molar-refractivity contribution in [3.63, 3.8) is 0 Å². The average molecular weight is 868 g/mol. The van der Waals surface area contributed by atoms with E-state index in [9.17, 15) is 4.79 Å². The largest absolute Gasteiger partial charge is 0.468 e. The van der Waals surface area contributed by atoms with Crippen LogP contribution in [0.2, 0.25) is 42.3 Å². The molecule has 4 aromatic heterocycles. The summed E-state index contributed by atoms with van der Waals surface area (Å²) in [6, 6.07) is 11.7. The van der Waals surface area contributed by atoms with Gasteiger partial charge in [-0.1, -0.05) is 84.9 Å². The summed E-state index contributed by atoms with van der Waals surface area (Å²) in [7, 11) is -1.95. The first kappa shape index (κ1) is 45.0. The third-order valence-electron chi connectivity index (χ3n) is 11.5. The maximum atomic E-state index is 16.3. The van der Waals surface area contributed by atoms with Crippen molar-refractivity contribution >= 4 is 66.4 Å². The summed E-state index contributed by atoms with van der Waals surface area (Å²) in [5, 5.41) is 6.31. The summed E-state index contributed by atoms with van der Waals surface area (Å²) in [6.07, 6.45) is 5.70. The van der Waals surface area contributed by atoms with Crippen molar-refractivity contribution in [2.45, 2.75) is 109 Å². The second kappa shape index (κ2) is 18.6. The van der Waals surface area contributed by atoms with E-state index in [1.807, 2.05) is 42.1 Å². The molecule has 0 atom stereocenters. The van der Waals surface area contributed by atoms with Gasteiger partial charge in [0.1, 0.15) is 49.0 Å². The Balaban J connectivity index is 1.49. The third kappa shape index (κ3) is 9.21. The van der Waals surface area contributed by atoms with Crippen molar-refractivity contribution in [3.8, 4) is 28.5 Å². The van der Waals surface area contributed by atoms with E-state index in [0.29, 0.717) is 80.6 Å². The molecular weight excluding hydrogens is 810 g/mol. The van der Waals surface area contributed by atoms with Crippen LogP contribution in [-0.4, -0.2) is 62.4 Å². The number of rotatable bonds is 16. The topological polar surface area (TPSA) is 114 Å². The molecule has 0 spiro atoms. The fourth-order valence-electron chi connectivity index (χ4n) is 8.39. The number of hydrogen-bond acceptors (Lipinski definition) is 10. The lowest BCUT2D eigenvalue weighted by atomic mass is 9.95. The van der Waals surface area contributed by atoms with Gasteiger partial charge in [0.05, 0.1) is 11.1 Å². The summed E-state index contributed by atoms with van der Waals surface area (Å²) in [6.45, 7) is 23.7. The highest BCUT2D eigenvalue weighted by molar-refractivity contribution is 7.98. The summed E-state index contributed by atoms with van der Waals surface area (Å²) >= 11 is 1.37. The van der Waals surface area contributed by atoms with E-state index in [1.165, 1.54) is 17.8 Å². The first-order chi connectivity index (χ1) is 28.5. The minimum Gasteiger partial charge on any atom is -0.468 e. The number of benzene rings is 2. The number of halogens is 1. The first-order valence-corrected chi connectivity index (χ1v) is 27.7. The number of anilines is 1. The van der Waals surface area contributed by atoms with E-state index in [-0.39, 0.29) is 23.5 Å². The molecule has 0 radical (unpaired) electrons. The quantitative estimate of drug-likeness (QED) is 0.0252. The summed E-state index contributed by atoms with van der Waals surface area (Å²) < 4.78 is 41.8. The zero-order valence-electron chi connectivity index (χ0n) is 37.0. The van der Waals surface area contributed by atoms with Crippen molar-refractivity contribution in [1.29, 1.82) is 0 Å². The van der Waals surface area contributed by atoms with E-state index >= 15 is 4.39 Å². The van der Waals surface area contributed by atoms with Gasteiger partial charge in [0, 0.05) is 62.6 Å². The number of nitrogens with one attached hydrogen (secondary N) is 1. The van der Waals surface area contributed by atoms with Crippen LogP contribution in [0.1, 0.15) is 58.2 Å². The van der Waals surface area contributed by atoms with Crippen LogP contribution >= 0.6 is 11.8 Å². The summed E-state index contributed by atoms with van der Waals surface area (Å²) in [5.74, 6) is 3.99. The molecule has 0 amide bonds. The molecule has 1 N–H and O–H groups in total. The molecule has 4 heterocycles. The number of thioether (sulfide) groups is 1. The molecule has 0 aliphatic rings. The molecule has 0 fully saturated rings. The zero-order valence-corrected chi connectivity index (χ0v) is 39.8. The smallest absolute Gasteiger partial charge is 0.349 e. The first-order valence-electron chi connectivity index (χ1n) is 20.6. The Morgan fingerprint density at radius 1 is 1.02 bits per heavy atom. The van der Waals surface area contributed by atoms with Gasteiger partial charge in [0.15, 0.2) is 11.9 Å². The molecule has 6 aromatic rings. The normalized spacial score (nSPS) is 12.3. The molecule has 0 saturated heterocycles. The molecule has 0 aliphatic carbocycles. The predicted molar refractivity (Wildman–Crippen MR) is 249 cm³/mol. The van der Waals surface area contributed by atoms with Gasteiger partial charge in [-0.15, -0.1) is 5.54 Å². The average Bonchev–Trinajstić information content (AvgIpc) is 3.55. The number of fused-ring (bicyclic) bond motifs is 3. The van der Waals surface area contributed by atoms with Crippen molar-refractivity contribution in [2.24, 2.45) is 0 Å². The molecule has 318 valence electrons. The van der Waals surface area contributed by atoms with E-state index in [2.05, 4.69) is 82.9 Å². The molecular formula is C46H58FN5O5SSi2. The maximum Gasteiger partial charge on any atom is 0.349 e. The van der Waals surface area contributed by atoms with Gasteiger partial charge >= 0.3 is 5.63 Å². The van der Waals surface area contributed by atoms with Gasteiger partial charge in [0.2, 0.25) is 0 Å². The SMILES string of the molecule is COCOc1cc(-c2oc(=O)c3c(NCc4cn(COCC[Si](C)(C)C)c5ncccc45)nc(SC)nc3c2C)c2c(C#C[Si](C(C)C)(C(C)C)C(C)C)c(F)ccc2c1. The number of nitrogens with zero attached hydrogens (tertiary/aromatic N) is 4. The van der Waals surface area contributed by atoms with Crippen LogP contribution in [0.25, 0.3) is 44.0 Å². The Morgan fingerprint density at radius 2 is 1.75 bits per heavy atom. The van der Waals surface area contributed by atoms with Gasteiger partial charge in [-0.3, -0.25) is 0 Å². The summed E-state index contributed by atoms with van der Waals surface area (Å²) in [4.78, 5) is 28.6. The van der Waals surface area contributed by atoms with Crippen molar-refractivity contribution in [2.75, 3.05) is 32.1 Å². The number of pyridine rings is 1. The molecule has 14 heteroatoms. The van der Waals surface area contributed by atoms with Crippen LogP contribution in [0, 0.1) is 24.2 Å². The second-order valence-electron chi connectivity index (χ2n) is 17.5. The Kier molecular flexibility index (Phi) is 14.0. The lowest BCUT2D eigenvalue weighted by molar-refractivity contribution is 0.0512. The molecule has 2 aromatic carbocycles. The highest BCUT2D eigenvalue weighted by Crippen LogP contribution is 2.42. The number of ether oxygens (including phenoxy) is 3. The molecule has 10 nitrogen and oxygen atoms in total. The lowest BCUT2D eigenvalue weighted by Gasteiger charge is -2.38. The third-order valence-corrected chi connectivity index (χ3v) is 20.0. The number of methoxy groups -OCH3 is 1. The van der Waals surface area contributed by atoms with Crippen LogP contribution in [-0.2, 0) is 22.7 Å². The van der Waals surface area contributed by atoms with Crippen LogP contribution in [0.4, 0.5) is 10.2 Å². The zero-order chi connectivity index (χ0) is 43.5. The number of aromatic nitrogens is 4. The standard InChI is InChI=1S/C46H58FN5O5SSi2/c1-28(2)60(29(3)4,30(5)6)20-17-36-38(47)16-15-32-22-34(56-27-54-8)23-37(39(32)36)42-31(7)41-40(45(53)57-42)43(51-46(50-41)58-9)49-24-33-25-52(26-55-19-21-59(10,11)12)44-35(33)14-13-18-48-44/h13-16,18,22-23,25,28-30H,19,21,24,26-27H2,1-12H3,(H,49,50,51). The minimum atomic E-state index is -2.26. The Morgan fingerprint density at radius 3 is 2.42 bits per heavy atom. The fourth-order valence-corrected chi connectivity index (χ4v) is 14.7. The molecule has 0 aliphatic heterocycles. The van der Waals surface area contributed by atoms with Gasteiger partial charge in [-0.05, 0) is 77.1 Å². The van der Waals surface area contributed by atoms with Gasteiger partial charge in [0.25, 0.3) is 0 Å². The van der Waals surface area contributed by atoms with E-state index in [1.54, 1.807) is 25.4 Å². The molecule has 0 saturated carbocycles. The van der Waals surface area contributed by atoms with Gasteiger partial charge < -0.3 is 28.5 Å². The Labute approximate surface area is 359 Å². The Hall–Kier alpha value is -4.53. The fraction of sp³-hybridized carbons (Fsp3) is 0.435. The Bertz CT molecular complexity index is 2620. The molecule has 60 heavy (non-hydrogen) atoms. The second-order valence-corrected chi connectivity index (χ2v) is 29.5. The monoisotopic (exact) mass is 867 g/mol. The van der Waals surface area contributed by atoms with E-state index < -0.39 is 27.6 Å². The van der Waals surface area contributed by atoms with Gasteiger partial charge in [-0.25, -0.2) is 24.1 Å². The number of aryl methyl sites for hydroxylation is 1. The molecule has 6 rings (SSSR count). The number of hydrogen-bond donors (Lipinski definition) is 1. The summed E-state index contributed by atoms with van der Waals surface area (Å²) in [5.41, 5.74) is 7.64. The maximum absolute atomic E-state index is 16.3. The lowest BCUT2D eigenvalue weighted by Crippen LogP contribution is -2.43. The molecule has 0 unspecified atom stereocenters. The minimum absolute atomic E-state index is 0.00949. The van der Waals surface area contributed by atoms with E-state index in [0.717, 1.165) is 22.6 Å². The van der Waals surface area contributed by atoms with Crippen LogP contribution in [0.5, 0.6) is 5.75 Å². The van der Waals surface area contributed by atoms with Crippen molar-refractivity contribution < 1.29 is 23.0 Å². The van der Waals surface area contributed by atoms with Gasteiger partial charge in [-0.2, -0.15) is 0 Å². The van der Waals surface area contributed by atoms with Crippen LogP contribution < -0.4 is 15.7 Å². The van der Waals surface area contributed by atoms with Crippen molar-refractivity contribution in [1.82, 2.24) is 19.5 Å². The predicted octanol–water partition coefficient (Wildman–Crippen LogP) is 11.4. The van der Waals surface area contributed by atoms with Crippen molar-refractivity contribution in [3.05, 3.63) is 81.7 Å². The highest BCUT2D eigenvalue weighted by Gasteiger charge is 2.42. The molecule has 0 bridgehead atoms. The highest BCUT2D eigenvalue weighted by atomic mass is 32.2. The van der Waals surface area contributed by atoms with Crippen LogP contribution in [0.3, 0.4) is 0 Å². The van der Waals surface area contributed by atoms with E-state index in [4.69, 9.17) is 28.6 Å². The van der Waals surface area contributed by atoms with Crippen LogP contribution in [0.15, 0.2) is 63.2 Å².